The highest BCUT2D eigenvalue weighted by Gasteiger charge is 2.20. The van der Waals surface area contributed by atoms with E-state index in [9.17, 15) is 9.59 Å². The summed E-state index contributed by atoms with van der Waals surface area (Å²) in [5.41, 5.74) is 0.826. The molecule has 2 atom stereocenters. The Morgan fingerprint density at radius 1 is 1.29 bits per heavy atom. The van der Waals surface area contributed by atoms with E-state index in [0.29, 0.717) is 0 Å². The monoisotopic (exact) mass is 309 g/mol. The zero-order valence-corrected chi connectivity index (χ0v) is 13.6. The Labute approximate surface area is 130 Å². The molecule has 1 aromatic carbocycles. The highest BCUT2D eigenvalue weighted by molar-refractivity contribution is 7.98. The van der Waals surface area contributed by atoms with Gasteiger partial charge in [-0.05, 0) is 30.4 Å². The Morgan fingerprint density at radius 2 is 1.90 bits per heavy atom. The summed E-state index contributed by atoms with van der Waals surface area (Å²) in [5.74, 6) is -1.11. The fraction of sp³-hybridized carbons (Fsp3) is 0.500. The topological polar surface area (TPSA) is 66.4 Å². The molecule has 1 rings (SSSR count). The average molecular weight is 309 g/mol. The first kappa shape index (κ1) is 17.6. The van der Waals surface area contributed by atoms with Gasteiger partial charge in [0.25, 0.3) is 0 Å². The molecule has 0 bridgehead atoms. The van der Waals surface area contributed by atoms with Crippen molar-refractivity contribution < 1.29 is 14.7 Å². The Balaban J connectivity index is 2.84. The summed E-state index contributed by atoms with van der Waals surface area (Å²) in [6.45, 7) is 3.90. The molecule has 0 aliphatic heterocycles. The second kappa shape index (κ2) is 8.72. The van der Waals surface area contributed by atoms with E-state index in [-0.39, 0.29) is 18.2 Å². The van der Waals surface area contributed by atoms with Gasteiger partial charge in [0.1, 0.15) is 0 Å². The van der Waals surface area contributed by atoms with Crippen molar-refractivity contribution in [3.63, 3.8) is 0 Å². The third-order valence-corrected chi connectivity index (χ3v) is 4.13. The van der Waals surface area contributed by atoms with E-state index < -0.39 is 12.0 Å². The van der Waals surface area contributed by atoms with Crippen LogP contribution in [0.3, 0.4) is 0 Å². The molecular weight excluding hydrogens is 286 g/mol. The van der Waals surface area contributed by atoms with Crippen LogP contribution in [0.5, 0.6) is 0 Å². The number of rotatable bonds is 8. The molecule has 116 valence electrons. The summed E-state index contributed by atoms with van der Waals surface area (Å²) in [6.07, 6.45) is 3.61. The summed E-state index contributed by atoms with van der Waals surface area (Å²) < 4.78 is 0. The number of amides is 1. The average Bonchev–Trinajstić information content (AvgIpc) is 2.46. The molecule has 0 spiro atoms. The number of hydrogen-bond acceptors (Lipinski definition) is 3. The molecule has 4 nitrogen and oxygen atoms in total. The molecule has 0 radical (unpaired) electrons. The lowest BCUT2D eigenvalue weighted by molar-refractivity contribution is -0.137. The van der Waals surface area contributed by atoms with Crippen molar-refractivity contribution in [1.29, 1.82) is 0 Å². The Bertz CT molecular complexity index is 473. The highest BCUT2D eigenvalue weighted by Crippen LogP contribution is 2.22. The van der Waals surface area contributed by atoms with Gasteiger partial charge in [-0.3, -0.25) is 9.59 Å². The Hall–Kier alpha value is -1.49. The number of carbonyl (C=O) groups excluding carboxylic acids is 1. The van der Waals surface area contributed by atoms with Crippen molar-refractivity contribution in [2.75, 3.05) is 6.26 Å². The van der Waals surface area contributed by atoms with Crippen LogP contribution in [0.2, 0.25) is 0 Å². The smallest absolute Gasteiger partial charge is 0.305 e. The minimum Gasteiger partial charge on any atom is -0.481 e. The van der Waals surface area contributed by atoms with Gasteiger partial charge in [-0.1, -0.05) is 32.4 Å². The molecule has 0 heterocycles. The van der Waals surface area contributed by atoms with Crippen LogP contribution >= 0.6 is 11.8 Å². The van der Waals surface area contributed by atoms with Gasteiger partial charge >= 0.3 is 5.97 Å². The number of benzene rings is 1. The quantitative estimate of drug-likeness (QED) is 0.722. The van der Waals surface area contributed by atoms with Gasteiger partial charge in [-0.25, -0.2) is 0 Å². The maximum absolute atomic E-state index is 12.1. The van der Waals surface area contributed by atoms with E-state index >= 15 is 0 Å². The van der Waals surface area contributed by atoms with E-state index in [1.54, 1.807) is 11.8 Å². The summed E-state index contributed by atoms with van der Waals surface area (Å²) in [4.78, 5) is 24.3. The maximum Gasteiger partial charge on any atom is 0.305 e. The fourth-order valence-electron chi connectivity index (χ4n) is 2.14. The third kappa shape index (κ3) is 5.79. The highest BCUT2D eigenvalue weighted by atomic mass is 32.2. The molecule has 0 saturated heterocycles. The van der Waals surface area contributed by atoms with E-state index in [1.807, 2.05) is 44.4 Å². The zero-order valence-electron chi connectivity index (χ0n) is 12.8. The molecular formula is C16H23NO3S. The molecule has 2 N–H and O–H groups in total. The van der Waals surface area contributed by atoms with Gasteiger partial charge < -0.3 is 10.4 Å². The van der Waals surface area contributed by atoms with Crippen molar-refractivity contribution in [1.82, 2.24) is 5.32 Å². The summed E-state index contributed by atoms with van der Waals surface area (Å²) >= 11 is 1.62. The van der Waals surface area contributed by atoms with Crippen LogP contribution < -0.4 is 5.32 Å². The van der Waals surface area contributed by atoms with Gasteiger partial charge in [0.05, 0.1) is 12.5 Å². The van der Waals surface area contributed by atoms with Crippen molar-refractivity contribution in [2.24, 2.45) is 5.92 Å². The summed E-state index contributed by atoms with van der Waals surface area (Å²) in [7, 11) is 0. The van der Waals surface area contributed by atoms with E-state index in [4.69, 9.17) is 5.11 Å². The largest absolute Gasteiger partial charge is 0.481 e. The SMILES string of the molecule is CCCC(C)C(=O)NC(CC(=O)O)c1ccc(SC)cc1. The van der Waals surface area contributed by atoms with Crippen molar-refractivity contribution in [2.45, 2.75) is 44.0 Å². The van der Waals surface area contributed by atoms with Crippen molar-refractivity contribution >= 4 is 23.6 Å². The van der Waals surface area contributed by atoms with Crippen LogP contribution in [0, 0.1) is 5.92 Å². The minimum atomic E-state index is -0.919. The van der Waals surface area contributed by atoms with E-state index in [0.717, 1.165) is 23.3 Å². The van der Waals surface area contributed by atoms with E-state index in [1.165, 1.54) is 0 Å². The molecule has 1 amide bonds. The predicted octanol–water partition coefficient (Wildman–Crippen LogP) is 3.48. The second-order valence-corrected chi connectivity index (χ2v) is 6.00. The third-order valence-electron chi connectivity index (χ3n) is 3.38. The lowest BCUT2D eigenvalue weighted by Crippen LogP contribution is -2.34. The molecule has 0 fully saturated rings. The van der Waals surface area contributed by atoms with Gasteiger partial charge in [0, 0.05) is 10.8 Å². The lowest BCUT2D eigenvalue weighted by Gasteiger charge is -2.20. The lowest BCUT2D eigenvalue weighted by atomic mass is 10.0. The number of carbonyl (C=O) groups is 2. The van der Waals surface area contributed by atoms with Crippen LogP contribution in [0.25, 0.3) is 0 Å². The standard InChI is InChI=1S/C16H23NO3S/c1-4-5-11(2)16(20)17-14(10-15(18)19)12-6-8-13(21-3)9-7-12/h6-9,11,14H,4-5,10H2,1-3H3,(H,17,20)(H,18,19). The number of aliphatic carboxylic acids is 1. The number of carboxylic acid groups (broad SMARTS) is 1. The molecule has 0 aromatic heterocycles. The minimum absolute atomic E-state index is 0.0861. The molecule has 0 aliphatic rings. The maximum atomic E-state index is 12.1. The molecule has 1 aromatic rings. The Morgan fingerprint density at radius 3 is 2.38 bits per heavy atom. The molecule has 21 heavy (non-hydrogen) atoms. The summed E-state index contributed by atoms with van der Waals surface area (Å²) in [6, 6.07) is 7.16. The van der Waals surface area contributed by atoms with Crippen LogP contribution in [-0.2, 0) is 9.59 Å². The molecule has 0 aliphatic carbocycles. The fourth-order valence-corrected chi connectivity index (χ4v) is 2.55. The number of thioether (sulfide) groups is 1. The van der Waals surface area contributed by atoms with Crippen molar-refractivity contribution in [3.05, 3.63) is 29.8 Å². The van der Waals surface area contributed by atoms with Crippen LogP contribution in [-0.4, -0.2) is 23.2 Å². The molecule has 0 saturated carbocycles. The van der Waals surface area contributed by atoms with Gasteiger partial charge in [0.15, 0.2) is 0 Å². The number of hydrogen-bond donors (Lipinski definition) is 2. The second-order valence-electron chi connectivity index (χ2n) is 5.12. The van der Waals surface area contributed by atoms with Gasteiger partial charge in [-0.2, -0.15) is 0 Å². The number of nitrogens with one attached hydrogen (secondary N) is 1. The van der Waals surface area contributed by atoms with Crippen molar-refractivity contribution in [3.8, 4) is 0 Å². The first-order chi connectivity index (χ1) is 9.97. The predicted molar refractivity (Wildman–Crippen MR) is 85.4 cm³/mol. The molecule has 2 unspecified atom stereocenters. The van der Waals surface area contributed by atoms with Crippen LogP contribution in [0.4, 0.5) is 0 Å². The normalized spacial score (nSPS) is 13.5. The summed E-state index contributed by atoms with van der Waals surface area (Å²) in [5, 5.41) is 11.9. The first-order valence-corrected chi connectivity index (χ1v) is 8.36. The Kier molecular flexibility index (Phi) is 7.29. The van der Waals surface area contributed by atoms with Gasteiger partial charge in [-0.15, -0.1) is 11.8 Å². The molecule has 5 heteroatoms. The van der Waals surface area contributed by atoms with Gasteiger partial charge in [0.2, 0.25) is 5.91 Å². The first-order valence-electron chi connectivity index (χ1n) is 7.14. The van der Waals surface area contributed by atoms with Crippen LogP contribution in [0.1, 0.15) is 44.7 Å². The number of carboxylic acids is 1. The zero-order chi connectivity index (χ0) is 15.8. The van der Waals surface area contributed by atoms with E-state index in [2.05, 4.69) is 5.32 Å². The van der Waals surface area contributed by atoms with Crippen LogP contribution in [0.15, 0.2) is 29.2 Å².